The maximum absolute atomic E-state index is 10.6. The first-order valence-electron chi connectivity index (χ1n) is 3.70. The molecule has 0 atom stereocenters. The number of aromatic nitrogens is 2. The predicted molar refractivity (Wildman–Crippen MR) is 50.8 cm³/mol. The van der Waals surface area contributed by atoms with Crippen LogP contribution < -0.4 is 0 Å². The molecule has 1 aromatic heterocycles. The summed E-state index contributed by atoms with van der Waals surface area (Å²) in [4.78, 5) is 20.2. The summed E-state index contributed by atoms with van der Waals surface area (Å²) in [5.74, 6) is -1.46. The van der Waals surface area contributed by atoms with Crippen molar-refractivity contribution in [2.75, 3.05) is 0 Å². The molecule has 1 aromatic rings. The molecule has 0 aliphatic heterocycles. The van der Waals surface area contributed by atoms with Crippen LogP contribution >= 0.6 is 11.6 Å². The van der Waals surface area contributed by atoms with Crippen LogP contribution in [0.3, 0.4) is 0 Å². The minimum absolute atomic E-state index is 0.0235. The van der Waals surface area contributed by atoms with Crippen molar-refractivity contribution in [1.82, 2.24) is 9.78 Å². The fourth-order valence-corrected chi connectivity index (χ4v) is 1.08. The zero-order valence-corrected chi connectivity index (χ0v) is 8.14. The van der Waals surface area contributed by atoms with E-state index < -0.39 is 22.3 Å². The van der Waals surface area contributed by atoms with Gasteiger partial charge in [-0.05, 0) is 0 Å². The molecule has 0 aromatic carbocycles. The van der Waals surface area contributed by atoms with Gasteiger partial charge in [0.05, 0.1) is 11.5 Å². The molecule has 0 fully saturated rings. The summed E-state index contributed by atoms with van der Waals surface area (Å²) in [5.41, 5.74) is -1.18. The standard InChI is InChI=1S/C7H6ClN3O4/c1-4(8)2-10-3-5(11(14)15)6(9-10)7(12)13/h3H,1-2H2,(H,12,13). The largest absolute Gasteiger partial charge is 0.476 e. The van der Waals surface area contributed by atoms with Crippen molar-refractivity contribution < 1.29 is 14.8 Å². The van der Waals surface area contributed by atoms with Gasteiger partial charge in [0.25, 0.3) is 0 Å². The lowest BCUT2D eigenvalue weighted by Gasteiger charge is -1.95. The molecule has 0 radical (unpaired) electrons. The number of allylic oxidation sites excluding steroid dienone is 1. The average molecular weight is 232 g/mol. The monoisotopic (exact) mass is 231 g/mol. The number of aromatic carboxylic acids is 1. The molecule has 0 amide bonds. The van der Waals surface area contributed by atoms with Crippen LogP contribution in [-0.4, -0.2) is 25.8 Å². The van der Waals surface area contributed by atoms with E-state index in [0.29, 0.717) is 0 Å². The second-order valence-corrected chi connectivity index (χ2v) is 3.17. The van der Waals surface area contributed by atoms with E-state index in [1.165, 1.54) is 0 Å². The van der Waals surface area contributed by atoms with Crippen molar-refractivity contribution in [3.63, 3.8) is 0 Å². The normalized spacial score (nSPS) is 9.93. The van der Waals surface area contributed by atoms with Crippen molar-refractivity contribution in [2.45, 2.75) is 6.54 Å². The van der Waals surface area contributed by atoms with Gasteiger partial charge in [-0.3, -0.25) is 14.8 Å². The molecule has 0 aliphatic carbocycles. The van der Waals surface area contributed by atoms with E-state index >= 15 is 0 Å². The number of carboxylic acid groups (broad SMARTS) is 1. The minimum atomic E-state index is -1.46. The summed E-state index contributed by atoms with van der Waals surface area (Å²) in [6.07, 6.45) is 0.997. The van der Waals surface area contributed by atoms with Crippen molar-refractivity contribution in [2.24, 2.45) is 0 Å². The van der Waals surface area contributed by atoms with Crippen LogP contribution in [0.4, 0.5) is 5.69 Å². The Morgan fingerprint density at radius 1 is 1.80 bits per heavy atom. The van der Waals surface area contributed by atoms with E-state index in [-0.39, 0.29) is 11.6 Å². The van der Waals surface area contributed by atoms with E-state index in [1.807, 2.05) is 0 Å². The highest BCUT2D eigenvalue weighted by molar-refractivity contribution is 6.29. The van der Waals surface area contributed by atoms with Crippen molar-refractivity contribution >= 4 is 23.3 Å². The molecule has 0 saturated carbocycles. The summed E-state index contributed by atoms with van der Waals surface area (Å²) in [5, 5.41) is 22.8. The van der Waals surface area contributed by atoms with Crippen molar-refractivity contribution in [3.05, 3.63) is 33.6 Å². The lowest BCUT2D eigenvalue weighted by molar-refractivity contribution is -0.385. The zero-order valence-electron chi connectivity index (χ0n) is 7.38. The minimum Gasteiger partial charge on any atom is -0.476 e. The van der Waals surface area contributed by atoms with Crippen LogP contribution in [0.1, 0.15) is 10.5 Å². The maximum atomic E-state index is 10.6. The van der Waals surface area contributed by atoms with E-state index in [1.54, 1.807) is 0 Å². The number of hydrogen-bond donors (Lipinski definition) is 1. The third-order valence-corrected chi connectivity index (χ3v) is 1.59. The fourth-order valence-electron chi connectivity index (χ4n) is 0.954. The molecule has 80 valence electrons. The highest BCUT2D eigenvalue weighted by Gasteiger charge is 2.24. The summed E-state index contributed by atoms with van der Waals surface area (Å²) in [7, 11) is 0. The molecule has 8 heteroatoms. The molecule has 0 aliphatic rings. The van der Waals surface area contributed by atoms with Gasteiger partial charge in [0.15, 0.2) is 0 Å². The van der Waals surface area contributed by atoms with Gasteiger partial charge in [0.1, 0.15) is 6.20 Å². The Balaban J connectivity index is 3.15. The van der Waals surface area contributed by atoms with Crippen molar-refractivity contribution in [3.8, 4) is 0 Å². The van der Waals surface area contributed by atoms with E-state index in [2.05, 4.69) is 11.7 Å². The second kappa shape index (κ2) is 4.09. The molecule has 1 N–H and O–H groups in total. The number of nitrogens with zero attached hydrogens (tertiary/aromatic N) is 3. The Labute approximate surface area is 88.7 Å². The number of rotatable bonds is 4. The molecule has 7 nitrogen and oxygen atoms in total. The SMILES string of the molecule is C=C(Cl)Cn1cc([N+](=O)[O-])c(C(=O)O)n1. The van der Waals surface area contributed by atoms with Gasteiger partial charge in [-0.25, -0.2) is 4.79 Å². The predicted octanol–water partition coefficient (Wildman–Crippen LogP) is 1.24. The second-order valence-electron chi connectivity index (χ2n) is 2.64. The number of nitro groups is 1. The van der Waals surface area contributed by atoms with Crippen LogP contribution in [0.2, 0.25) is 0 Å². The van der Waals surface area contributed by atoms with Gasteiger partial charge in [-0.1, -0.05) is 18.2 Å². The molecule has 15 heavy (non-hydrogen) atoms. The Hall–Kier alpha value is -1.89. The molecule has 1 heterocycles. The first kappa shape index (κ1) is 11.2. The highest BCUT2D eigenvalue weighted by atomic mass is 35.5. The first-order chi connectivity index (χ1) is 6.91. The summed E-state index contributed by atoms with van der Waals surface area (Å²) in [6.45, 7) is 3.39. The van der Waals surface area contributed by atoms with Gasteiger partial charge in [0.2, 0.25) is 5.69 Å². The Morgan fingerprint density at radius 2 is 2.40 bits per heavy atom. The lowest BCUT2D eigenvalue weighted by Crippen LogP contribution is -2.03. The molecule has 0 spiro atoms. The summed E-state index contributed by atoms with van der Waals surface area (Å²) in [6, 6.07) is 0. The third-order valence-electron chi connectivity index (χ3n) is 1.48. The zero-order chi connectivity index (χ0) is 11.6. The highest BCUT2D eigenvalue weighted by Crippen LogP contribution is 2.17. The van der Waals surface area contributed by atoms with Crippen LogP contribution in [-0.2, 0) is 6.54 Å². The fraction of sp³-hybridized carbons (Fsp3) is 0.143. The number of carboxylic acids is 1. The molecule has 0 unspecified atom stereocenters. The smallest absolute Gasteiger partial charge is 0.363 e. The van der Waals surface area contributed by atoms with Crippen molar-refractivity contribution in [1.29, 1.82) is 0 Å². The number of hydrogen-bond acceptors (Lipinski definition) is 4. The quantitative estimate of drug-likeness (QED) is 0.621. The average Bonchev–Trinajstić information content (AvgIpc) is 2.46. The maximum Gasteiger partial charge on any atom is 0.363 e. The Bertz CT molecular complexity index is 408. The first-order valence-corrected chi connectivity index (χ1v) is 4.08. The van der Waals surface area contributed by atoms with Gasteiger partial charge < -0.3 is 5.11 Å². The van der Waals surface area contributed by atoms with Crippen LogP contribution in [0.25, 0.3) is 0 Å². The van der Waals surface area contributed by atoms with Crippen LogP contribution in [0.15, 0.2) is 17.8 Å². The summed E-state index contributed by atoms with van der Waals surface area (Å²) < 4.78 is 1.05. The van der Waals surface area contributed by atoms with Gasteiger partial charge >= 0.3 is 11.7 Å². The topological polar surface area (TPSA) is 98.3 Å². The van der Waals surface area contributed by atoms with E-state index in [4.69, 9.17) is 16.7 Å². The van der Waals surface area contributed by atoms with Crippen LogP contribution in [0, 0.1) is 10.1 Å². The third kappa shape index (κ3) is 2.53. The number of halogens is 1. The van der Waals surface area contributed by atoms with Gasteiger partial charge in [-0.15, -0.1) is 0 Å². The summed E-state index contributed by atoms with van der Waals surface area (Å²) >= 11 is 5.46. The van der Waals surface area contributed by atoms with E-state index in [0.717, 1.165) is 10.9 Å². The molecule has 0 saturated heterocycles. The Morgan fingerprint density at radius 3 is 2.73 bits per heavy atom. The lowest BCUT2D eigenvalue weighted by atomic mass is 10.4. The van der Waals surface area contributed by atoms with Gasteiger partial charge in [-0.2, -0.15) is 5.10 Å². The molecule has 0 bridgehead atoms. The molecular formula is C7H6ClN3O4. The molecule has 1 rings (SSSR count). The Kier molecular flexibility index (Phi) is 3.05. The van der Waals surface area contributed by atoms with E-state index in [9.17, 15) is 14.9 Å². The molecular weight excluding hydrogens is 226 g/mol. The van der Waals surface area contributed by atoms with Gasteiger partial charge in [0, 0.05) is 5.03 Å². The number of carbonyl (C=O) groups is 1. The van der Waals surface area contributed by atoms with Crippen LogP contribution in [0.5, 0.6) is 0 Å².